The lowest BCUT2D eigenvalue weighted by Crippen LogP contribution is -2.37. The molecule has 0 radical (unpaired) electrons. The van der Waals surface area contributed by atoms with Crippen molar-refractivity contribution in [2.24, 2.45) is 5.92 Å². The van der Waals surface area contributed by atoms with Crippen molar-refractivity contribution in [3.8, 4) is 17.4 Å². The lowest BCUT2D eigenvalue weighted by Gasteiger charge is -2.19. The molecule has 0 aliphatic carbocycles. The highest BCUT2D eigenvalue weighted by Crippen LogP contribution is 2.25. The van der Waals surface area contributed by atoms with Crippen LogP contribution >= 0.6 is 0 Å². The van der Waals surface area contributed by atoms with E-state index in [2.05, 4.69) is 4.98 Å². The molecule has 1 atom stereocenters. The number of carbonyl (C=O) groups excluding carboxylic acids is 1. The first-order valence-electron chi connectivity index (χ1n) is 9.68. The smallest absolute Gasteiger partial charge is 0.329 e. The number of ether oxygens (including phenoxy) is 1. The van der Waals surface area contributed by atoms with Crippen LogP contribution in [0.4, 0.5) is 0 Å². The van der Waals surface area contributed by atoms with Gasteiger partial charge < -0.3 is 14.8 Å². The maximum absolute atomic E-state index is 12.3. The number of hydrogen-bond acceptors (Lipinski definition) is 5. The molecule has 1 amide bonds. The van der Waals surface area contributed by atoms with Crippen LogP contribution in [-0.4, -0.2) is 25.8 Å². The predicted molar refractivity (Wildman–Crippen MR) is 111 cm³/mol. The number of aromatic amines is 1. The molecule has 0 fully saturated rings. The van der Waals surface area contributed by atoms with E-state index in [1.165, 1.54) is 0 Å². The van der Waals surface area contributed by atoms with Crippen LogP contribution < -0.4 is 15.9 Å². The number of nitrogens with zero attached hydrogens (tertiary/aromatic N) is 1. The van der Waals surface area contributed by atoms with E-state index in [4.69, 9.17) is 9.94 Å². The molecule has 8 nitrogen and oxygen atoms in total. The number of para-hydroxylation sites is 1. The Bertz CT molecular complexity index is 1040. The van der Waals surface area contributed by atoms with E-state index in [-0.39, 0.29) is 11.8 Å². The lowest BCUT2D eigenvalue weighted by atomic mass is 10.0. The Morgan fingerprint density at radius 3 is 2.30 bits per heavy atom. The van der Waals surface area contributed by atoms with E-state index >= 15 is 0 Å². The number of benzene rings is 2. The molecule has 0 bridgehead atoms. The number of nitrogens with one attached hydrogen (secondary N) is 2. The molecule has 1 heterocycles. The Morgan fingerprint density at radius 2 is 1.70 bits per heavy atom. The fourth-order valence-corrected chi connectivity index (χ4v) is 3.32. The summed E-state index contributed by atoms with van der Waals surface area (Å²) in [5, 5.41) is 19.5. The average Bonchev–Trinajstić information content (AvgIpc) is 3.02. The first-order chi connectivity index (χ1) is 14.4. The Morgan fingerprint density at radius 1 is 1.07 bits per heavy atom. The van der Waals surface area contributed by atoms with E-state index in [1.807, 2.05) is 54.6 Å². The van der Waals surface area contributed by atoms with Gasteiger partial charge in [-0.2, -0.15) is 0 Å². The summed E-state index contributed by atoms with van der Waals surface area (Å²) in [5.41, 5.74) is 2.28. The van der Waals surface area contributed by atoms with Crippen LogP contribution in [0.25, 0.3) is 0 Å². The topological polar surface area (TPSA) is 117 Å². The zero-order chi connectivity index (χ0) is 21.7. The van der Waals surface area contributed by atoms with E-state index in [0.29, 0.717) is 24.3 Å². The zero-order valence-corrected chi connectivity index (χ0v) is 16.8. The molecule has 0 saturated carbocycles. The molecular formula is C22H25N3O5. The maximum Gasteiger partial charge on any atom is 0.329 e. The van der Waals surface area contributed by atoms with Gasteiger partial charge in [0, 0.05) is 0 Å². The van der Waals surface area contributed by atoms with Crippen molar-refractivity contribution < 1.29 is 19.8 Å². The molecule has 0 spiro atoms. The number of aromatic nitrogens is 2. The Balaban J connectivity index is 1.70. The third kappa shape index (κ3) is 4.72. The van der Waals surface area contributed by atoms with Crippen molar-refractivity contribution in [2.75, 3.05) is 0 Å². The quantitative estimate of drug-likeness (QED) is 0.336. The van der Waals surface area contributed by atoms with Crippen LogP contribution in [0.15, 0.2) is 59.4 Å². The number of carbonyl (C=O) groups is 1. The second-order valence-electron chi connectivity index (χ2n) is 7.33. The van der Waals surface area contributed by atoms with Gasteiger partial charge in [0.25, 0.3) is 5.91 Å². The third-order valence-electron chi connectivity index (χ3n) is 4.83. The minimum absolute atomic E-state index is 0.300. The standard InChI is InChI=1S/C22H25N3O5/c1-14(2)19(20(26)24-29)25-21(27)18(23-22(25)28)13-10-15-8-11-17(12-9-15)30-16-6-4-3-5-7-16/h3-9,11-12,14,19,27,29H,10,13H2,1-2H3,(H,23,28)(H,24,26)/t19-/m1/s1. The number of hydrogen-bond donors (Lipinski definition) is 4. The maximum atomic E-state index is 12.3. The van der Waals surface area contributed by atoms with Gasteiger partial charge in [0.05, 0.1) is 5.69 Å². The summed E-state index contributed by atoms with van der Waals surface area (Å²) in [6.07, 6.45) is 0.941. The molecule has 2 aromatic carbocycles. The minimum atomic E-state index is -1.03. The summed E-state index contributed by atoms with van der Waals surface area (Å²) in [6.45, 7) is 3.44. The van der Waals surface area contributed by atoms with Gasteiger partial charge in [-0.15, -0.1) is 0 Å². The SMILES string of the molecule is CC(C)[C@H](C(=O)NO)n1c(O)c(CCc2ccc(Oc3ccccc3)cc2)[nH]c1=O. The molecular weight excluding hydrogens is 386 g/mol. The Hall–Kier alpha value is -3.52. The molecule has 30 heavy (non-hydrogen) atoms. The number of amides is 1. The van der Waals surface area contributed by atoms with Gasteiger partial charge in [-0.3, -0.25) is 14.6 Å². The fourth-order valence-electron chi connectivity index (χ4n) is 3.32. The van der Waals surface area contributed by atoms with Crippen molar-refractivity contribution in [1.82, 2.24) is 15.0 Å². The van der Waals surface area contributed by atoms with Crippen LogP contribution in [0.5, 0.6) is 17.4 Å². The molecule has 0 saturated heterocycles. The van der Waals surface area contributed by atoms with Gasteiger partial charge >= 0.3 is 5.69 Å². The van der Waals surface area contributed by atoms with Crippen molar-refractivity contribution in [3.05, 3.63) is 76.3 Å². The van der Waals surface area contributed by atoms with Crippen LogP contribution in [0, 0.1) is 5.92 Å². The van der Waals surface area contributed by atoms with E-state index < -0.39 is 17.6 Å². The number of aromatic hydroxyl groups is 1. The lowest BCUT2D eigenvalue weighted by molar-refractivity contribution is -0.134. The summed E-state index contributed by atoms with van der Waals surface area (Å²) >= 11 is 0. The molecule has 0 aliphatic heterocycles. The molecule has 0 unspecified atom stereocenters. The van der Waals surface area contributed by atoms with E-state index in [0.717, 1.165) is 15.9 Å². The first-order valence-corrected chi connectivity index (χ1v) is 9.68. The van der Waals surface area contributed by atoms with Crippen molar-refractivity contribution in [2.45, 2.75) is 32.7 Å². The number of hydroxylamine groups is 1. The molecule has 0 aliphatic rings. The molecule has 3 aromatic rings. The van der Waals surface area contributed by atoms with Crippen LogP contribution in [0.3, 0.4) is 0 Å². The number of aryl methyl sites for hydroxylation is 2. The van der Waals surface area contributed by atoms with Crippen LogP contribution in [-0.2, 0) is 17.6 Å². The highest BCUT2D eigenvalue weighted by Gasteiger charge is 2.29. The van der Waals surface area contributed by atoms with Gasteiger partial charge in [0.1, 0.15) is 17.5 Å². The normalized spacial score (nSPS) is 12.0. The number of rotatable bonds is 8. The minimum Gasteiger partial charge on any atom is -0.493 e. The third-order valence-corrected chi connectivity index (χ3v) is 4.83. The summed E-state index contributed by atoms with van der Waals surface area (Å²) < 4.78 is 6.74. The van der Waals surface area contributed by atoms with Crippen molar-refractivity contribution in [1.29, 1.82) is 0 Å². The van der Waals surface area contributed by atoms with Gasteiger partial charge in [0.2, 0.25) is 5.88 Å². The van der Waals surface area contributed by atoms with Gasteiger partial charge in [0.15, 0.2) is 0 Å². The fraction of sp³-hybridized carbons (Fsp3) is 0.273. The molecule has 4 N–H and O–H groups in total. The summed E-state index contributed by atoms with van der Waals surface area (Å²) in [5.74, 6) is 0.0812. The second kappa shape index (κ2) is 9.32. The molecule has 3 rings (SSSR count). The van der Waals surface area contributed by atoms with Crippen LogP contribution in [0.1, 0.15) is 31.1 Å². The number of imidazole rings is 1. The van der Waals surface area contributed by atoms with E-state index in [9.17, 15) is 14.7 Å². The highest BCUT2D eigenvalue weighted by atomic mass is 16.5. The first kappa shape index (κ1) is 21.2. The van der Waals surface area contributed by atoms with Gasteiger partial charge in [-0.05, 0) is 48.6 Å². The van der Waals surface area contributed by atoms with Crippen molar-refractivity contribution in [3.63, 3.8) is 0 Å². The molecule has 8 heteroatoms. The van der Waals surface area contributed by atoms with Gasteiger partial charge in [-0.1, -0.05) is 44.2 Å². The van der Waals surface area contributed by atoms with Gasteiger partial charge in [-0.25, -0.2) is 10.3 Å². The molecule has 1 aromatic heterocycles. The Labute approximate surface area is 173 Å². The zero-order valence-electron chi connectivity index (χ0n) is 16.8. The van der Waals surface area contributed by atoms with E-state index in [1.54, 1.807) is 19.3 Å². The Kier molecular flexibility index (Phi) is 6.58. The second-order valence-corrected chi connectivity index (χ2v) is 7.33. The number of H-pyrrole nitrogens is 1. The average molecular weight is 411 g/mol. The monoisotopic (exact) mass is 411 g/mol. The van der Waals surface area contributed by atoms with Crippen LogP contribution in [0.2, 0.25) is 0 Å². The van der Waals surface area contributed by atoms with Crippen molar-refractivity contribution >= 4 is 5.91 Å². The summed E-state index contributed by atoms with van der Waals surface area (Å²) in [6, 6.07) is 16.0. The predicted octanol–water partition coefficient (Wildman–Crippen LogP) is 3.16. The highest BCUT2D eigenvalue weighted by molar-refractivity contribution is 5.79. The summed E-state index contributed by atoms with van der Waals surface area (Å²) in [7, 11) is 0. The largest absolute Gasteiger partial charge is 0.493 e. The summed E-state index contributed by atoms with van der Waals surface area (Å²) in [4.78, 5) is 26.9. The molecule has 158 valence electrons.